The van der Waals surface area contributed by atoms with E-state index in [1.54, 1.807) is 6.08 Å². The molecule has 2 aromatic carbocycles. The van der Waals surface area contributed by atoms with E-state index in [9.17, 15) is 4.79 Å². The molecule has 24 heavy (non-hydrogen) atoms. The second-order valence-electron chi connectivity index (χ2n) is 6.39. The van der Waals surface area contributed by atoms with Gasteiger partial charge in [0.1, 0.15) is 5.75 Å². The fourth-order valence-corrected chi connectivity index (χ4v) is 2.88. The van der Waals surface area contributed by atoms with Crippen LogP contribution < -0.4 is 10.1 Å². The molecule has 0 aromatic heterocycles. The average Bonchev–Trinajstić information content (AvgIpc) is 2.61. The fraction of sp³-hybridized carbons (Fsp3) is 0.286. The first-order chi connectivity index (χ1) is 11.6. The van der Waals surface area contributed by atoms with E-state index in [1.165, 1.54) is 5.56 Å². The number of amides is 1. The lowest BCUT2D eigenvalue weighted by molar-refractivity contribution is -0.117. The smallest absolute Gasteiger partial charge is 0.244 e. The van der Waals surface area contributed by atoms with Gasteiger partial charge in [-0.05, 0) is 29.2 Å². The highest BCUT2D eigenvalue weighted by molar-refractivity contribution is 5.92. The second kappa shape index (κ2) is 7.35. The van der Waals surface area contributed by atoms with Gasteiger partial charge in [0.25, 0.3) is 0 Å². The van der Waals surface area contributed by atoms with Gasteiger partial charge in [0.05, 0.1) is 12.6 Å². The van der Waals surface area contributed by atoms with Gasteiger partial charge in [-0.3, -0.25) is 4.79 Å². The Morgan fingerprint density at radius 2 is 1.92 bits per heavy atom. The fourth-order valence-electron chi connectivity index (χ4n) is 2.88. The SMILES string of the molecule is CC(C)c1ccc(/C=C/C(=O)NC2CCOc3ccccc32)cc1. The van der Waals surface area contributed by atoms with E-state index < -0.39 is 0 Å². The van der Waals surface area contributed by atoms with E-state index in [0.29, 0.717) is 12.5 Å². The zero-order valence-corrected chi connectivity index (χ0v) is 14.2. The minimum Gasteiger partial charge on any atom is -0.493 e. The maximum atomic E-state index is 12.2. The molecule has 0 saturated carbocycles. The van der Waals surface area contributed by atoms with Crippen LogP contribution in [0, 0.1) is 0 Å². The van der Waals surface area contributed by atoms with Crippen LogP contribution in [0.15, 0.2) is 54.6 Å². The third-order valence-electron chi connectivity index (χ3n) is 4.31. The van der Waals surface area contributed by atoms with Crippen molar-refractivity contribution in [2.75, 3.05) is 6.61 Å². The molecule has 0 aliphatic carbocycles. The van der Waals surface area contributed by atoms with Gasteiger partial charge in [0.15, 0.2) is 0 Å². The summed E-state index contributed by atoms with van der Waals surface area (Å²) >= 11 is 0. The molecule has 0 bridgehead atoms. The third kappa shape index (κ3) is 3.85. The summed E-state index contributed by atoms with van der Waals surface area (Å²) in [5.74, 6) is 1.30. The summed E-state index contributed by atoms with van der Waals surface area (Å²) in [6.07, 6.45) is 4.24. The summed E-state index contributed by atoms with van der Waals surface area (Å²) in [6.45, 7) is 4.97. The quantitative estimate of drug-likeness (QED) is 0.844. The Labute approximate surface area is 143 Å². The van der Waals surface area contributed by atoms with Crippen LogP contribution >= 0.6 is 0 Å². The molecule has 3 nitrogen and oxygen atoms in total. The number of fused-ring (bicyclic) bond motifs is 1. The van der Waals surface area contributed by atoms with Crippen LogP contribution in [0.3, 0.4) is 0 Å². The molecule has 0 saturated heterocycles. The molecule has 3 heteroatoms. The Bertz CT molecular complexity index is 732. The predicted octanol–water partition coefficient (Wildman–Crippen LogP) is 4.46. The first-order valence-electron chi connectivity index (χ1n) is 8.44. The molecule has 2 aromatic rings. The zero-order chi connectivity index (χ0) is 16.9. The molecule has 1 atom stereocenters. The summed E-state index contributed by atoms with van der Waals surface area (Å²) in [6, 6.07) is 16.2. The van der Waals surface area contributed by atoms with E-state index in [-0.39, 0.29) is 11.9 Å². The zero-order valence-electron chi connectivity index (χ0n) is 14.2. The Kier molecular flexibility index (Phi) is 4.99. The van der Waals surface area contributed by atoms with Crippen LogP contribution in [0.25, 0.3) is 6.08 Å². The highest BCUT2D eigenvalue weighted by atomic mass is 16.5. The molecule has 1 heterocycles. The molecule has 3 rings (SSSR count). The van der Waals surface area contributed by atoms with Crippen LogP contribution in [-0.2, 0) is 4.79 Å². The monoisotopic (exact) mass is 321 g/mol. The molecule has 0 spiro atoms. The predicted molar refractivity (Wildman–Crippen MR) is 97.0 cm³/mol. The maximum absolute atomic E-state index is 12.2. The molecule has 1 aliphatic rings. The van der Waals surface area contributed by atoms with Gasteiger partial charge in [-0.15, -0.1) is 0 Å². The van der Waals surface area contributed by atoms with Crippen LogP contribution in [-0.4, -0.2) is 12.5 Å². The number of rotatable bonds is 4. The number of ether oxygens (including phenoxy) is 1. The van der Waals surface area contributed by atoms with Crippen LogP contribution in [0.4, 0.5) is 0 Å². The van der Waals surface area contributed by atoms with Crippen LogP contribution in [0.1, 0.15) is 48.9 Å². The lowest BCUT2D eigenvalue weighted by Gasteiger charge is -2.26. The highest BCUT2D eigenvalue weighted by Gasteiger charge is 2.21. The minimum atomic E-state index is -0.0790. The van der Waals surface area contributed by atoms with E-state index in [0.717, 1.165) is 23.3 Å². The van der Waals surface area contributed by atoms with Crippen molar-refractivity contribution in [2.45, 2.75) is 32.2 Å². The van der Waals surface area contributed by atoms with Gasteiger partial charge in [0.2, 0.25) is 5.91 Å². The summed E-state index contributed by atoms with van der Waals surface area (Å²) in [5.41, 5.74) is 3.38. The molecule has 1 N–H and O–H groups in total. The van der Waals surface area contributed by atoms with Gasteiger partial charge < -0.3 is 10.1 Å². The van der Waals surface area contributed by atoms with Gasteiger partial charge in [-0.1, -0.05) is 56.3 Å². The lowest BCUT2D eigenvalue weighted by atomic mass is 10.0. The van der Waals surface area contributed by atoms with Crippen molar-refractivity contribution in [3.63, 3.8) is 0 Å². The Hall–Kier alpha value is -2.55. The maximum Gasteiger partial charge on any atom is 0.244 e. The van der Waals surface area contributed by atoms with Crippen LogP contribution in [0.5, 0.6) is 5.75 Å². The summed E-state index contributed by atoms with van der Waals surface area (Å²) < 4.78 is 5.63. The van der Waals surface area contributed by atoms with E-state index >= 15 is 0 Å². The van der Waals surface area contributed by atoms with Gasteiger partial charge in [-0.2, -0.15) is 0 Å². The number of nitrogens with one attached hydrogen (secondary N) is 1. The number of para-hydroxylation sites is 1. The first kappa shape index (κ1) is 16.3. The molecule has 0 radical (unpaired) electrons. The van der Waals surface area contributed by atoms with E-state index in [1.807, 2.05) is 42.5 Å². The molecule has 1 unspecified atom stereocenters. The van der Waals surface area contributed by atoms with Crippen molar-refractivity contribution in [1.29, 1.82) is 0 Å². The molecule has 0 fully saturated rings. The second-order valence-corrected chi connectivity index (χ2v) is 6.39. The summed E-state index contributed by atoms with van der Waals surface area (Å²) in [5, 5.41) is 3.07. The number of hydrogen-bond donors (Lipinski definition) is 1. The number of carbonyl (C=O) groups excluding carboxylic acids is 1. The van der Waals surface area contributed by atoms with Gasteiger partial charge in [0, 0.05) is 18.1 Å². The van der Waals surface area contributed by atoms with E-state index in [2.05, 4.69) is 31.3 Å². The summed E-state index contributed by atoms with van der Waals surface area (Å²) in [4.78, 5) is 12.2. The molecule has 124 valence electrons. The van der Waals surface area contributed by atoms with Gasteiger partial charge in [-0.25, -0.2) is 0 Å². The van der Waals surface area contributed by atoms with Crippen molar-refractivity contribution in [3.8, 4) is 5.75 Å². The van der Waals surface area contributed by atoms with Crippen molar-refractivity contribution in [3.05, 3.63) is 71.3 Å². The Morgan fingerprint density at radius 3 is 2.67 bits per heavy atom. The Morgan fingerprint density at radius 1 is 1.17 bits per heavy atom. The van der Waals surface area contributed by atoms with Gasteiger partial charge >= 0.3 is 0 Å². The minimum absolute atomic E-state index is 0.00965. The molecular weight excluding hydrogens is 298 g/mol. The number of benzene rings is 2. The topological polar surface area (TPSA) is 38.3 Å². The lowest BCUT2D eigenvalue weighted by Crippen LogP contribution is -2.30. The Balaban J connectivity index is 1.64. The van der Waals surface area contributed by atoms with Crippen molar-refractivity contribution in [2.24, 2.45) is 0 Å². The normalized spacial score (nSPS) is 16.7. The molecular formula is C21H23NO2. The standard InChI is InChI=1S/C21H23NO2/c1-15(2)17-10-7-16(8-11-17)9-12-21(23)22-19-13-14-24-20-6-4-3-5-18(19)20/h3-12,15,19H,13-14H2,1-2H3,(H,22,23)/b12-9+. The van der Waals surface area contributed by atoms with E-state index in [4.69, 9.17) is 4.74 Å². The van der Waals surface area contributed by atoms with Crippen molar-refractivity contribution < 1.29 is 9.53 Å². The number of carbonyl (C=O) groups is 1. The van der Waals surface area contributed by atoms with Crippen molar-refractivity contribution in [1.82, 2.24) is 5.32 Å². The third-order valence-corrected chi connectivity index (χ3v) is 4.31. The largest absolute Gasteiger partial charge is 0.493 e. The summed E-state index contributed by atoms with van der Waals surface area (Å²) in [7, 11) is 0. The average molecular weight is 321 g/mol. The molecule has 1 aliphatic heterocycles. The van der Waals surface area contributed by atoms with Crippen LogP contribution in [0.2, 0.25) is 0 Å². The number of hydrogen-bond acceptors (Lipinski definition) is 2. The first-order valence-corrected chi connectivity index (χ1v) is 8.44. The highest BCUT2D eigenvalue weighted by Crippen LogP contribution is 2.31. The van der Waals surface area contributed by atoms with Crippen molar-refractivity contribution >= 4 is 12.0 Å². The molecule has 1 amide bonds.